The van der Waals surface area contributed by atoms with Gasteiger partial charge in [0.2, 0.25) is 0 Å². The molecule has 2 rings (SSSR count). The van der Waals surface area contributed by atoms with Crippen LogP contribution in [0.3, 0.4) is 0 Å². The van der Waals surface area contributed by atoms with Gasteiger partial charge in [0.1, 0.15) is 30.3 Å². The van der Waals surface area contributed by atoms with Gasteiger partial charge in [0.15, 0.2) is 0 Å². The molecule has 5 nitrogen and oxygen atoms in total. The van der Waals surface area contributed by atoms with Crippen LogP contribution in [0.15, 0.2) is 36.4 Å². The first-order valence-corrected chi connectivity index (χ1v) is 12.3. The van der Waals surface area contributed by atoms with Crippen LogP contribution in [-0.2, 0) is 14.2 Å². The van der Waals surface area contributed by atoms with Crippen LogP contribution in [0.1, 0.15) is 36.2 Å². The molecule has 0 aliphatic carbocycles. The van der Waals surface area contributed by atoms with Gasteiger partial charge in [-0.25, -0.2) is 4.79 Å². The lowest BCUT2D eigenvalue weighted by Gasteiger charge is -2.28. The number of hydrogen-bond donors (Lipinski definition) is 0. The number of cyclic esters (lactones) is 1. The molecule has 0 spiro atoms. The smallest absolute Gasteiger partial charge is 0.342 e. The molecule has 1 aromatic rings. The van der Waals surface area contributed by atoms with E-state index in [2.05, 4.69) is 25.7 Å². The Bertz CT molecular complexity index is 819. The zero-order valence-electron chi connectivity index (χ0n) is 18.5. The molecule has 0 saturated heterocycles. The van der Waals surface area contributed by atoms with Gasteiger partial charge in [-0.3, -0.25) is 0 Å². The minimum absolute atomic E-state index is 0.0861. The molecule has 31 heavy (non-hydrogen) atoms. The summed E-state index contributed by atoms with van der Waals surface area (Å²) in [5, 5.41) is 0. The van der Waals surface area contributed by atoms with Crippen LogP contribution in [0.2, 0.25) is 0 Å². The standard InChI is InChI=1S/C24H30O5S2/c1-5-30-22(31-6-2)16-21-19(28-17-26-3)14-10-8-7-9-12-18-13-11-15-20(27-4)23(18)24(25)29-21/h9-15,19,21-22H,5-6,16-17H2,1-4H3/b12-9-,14-10-/t19-,21-/m0/s1. The number of ether oxygens (including phenoxy) is 4. The van der Waals surface area contributed by atoms with Crippen molar-refractivity contribution in [3.63, 3.8) is 0 Å². The Labute approximate surface area is 193 Å². The summed E-state index contributed by atoms with van der Waals surface area (Å²) in [7, 11) is 3.10. The molecule has 7 heteroatoms. The zero-order valence-corrected chi connectivity index (χ0v) is 20.1. The second kappa shape index (κ2) is 14.3. The van der Waals surface area contributed by atoms with Crippen molar-refractivity contribution in [2.45, 2.75) is 37.1 Å². The molecule has 1 aliphatic rings. The van der Waals surface area contributed by atoms with Crippen molar-refractivity contribution in [2.75, 3.05) is 32.5 Å². The second-order valence-electron chi connectivity index (χ2n) is 6.46. The SMILES string of the molecule is CCSC(C[C@@H]1OC(=O)c2c(cccc2OC)/C=C\C#C/C=C\[C@@H]1OCOC)SCC. The first-order chi connectivity index (χ1) is 15.1. The number of fused-ring (bicyclic) bond motifs is 1. The summed E-state index contributed by atoms with van der Waals surface area (Å²) in [5.41, 5.74) is 1.07. The number of allylic oxidation sites excluding steroid dienone is 2. The molecule has 0 aromatic heterocycles. The van der Waals surface area contributed by atoms with Gasteiger partial charge in [-0.2, -0.15) is 0 Å². The Kier molecular flexibility index (Phi) is 11.7. The Morgan fingerprint density at radius 2 is 1.87 bits per heavy atom. The van der Waals surface area contributed by atoms with Crippen LogP contribution in [-0.4, -0.2) is 55.3 Å². The predicted octanol–water partition coefficient (Wildman–Crippen LogP) is 5.02. The van der Waals surface area contributed by atoms with Crippen LogP contribution >= 0.6 is 23.5 Å². The summed E-state index contributed by atoms with van der Waals surface area (Å²) in [6.45, 7) is 4.34. The van der Waals surface area contributed by atoms with Crippen LogP contribution < -0.4 is 4.74 Å². The van der Waals surface area contributed by atoms with Gasteiger partial charge in [-0.15, -0.1) is 23.5 Å². The van der Waals surface area contributed by atoms with E-state index in [4.69, 9.17) is 18.9 Å². The average molecular weight is 463 g/mol. The topological polar surface area (TPSA) is 54.0 Å². The lowest BCUT2D eigenvalue weighted by atomic mass is 10.0. The van der Waals surface area contributed by atoms with E-state index in [1.807, 2.05) is 41.7 Å². The second-order valence-corrected chi connectivity index (χ2v) is 9.72. The van der Waals surface area contributed by atoms with Gasteiger partial charge in [-0.05, 0) is 47.4 Å². The maximum absolute atomic E-state index is 13.3. The van der Waals surface area contributed by atoms with Crippen LogP contribution in [0.25, 0.3) is 6.08 Å². The number of benzene rings is 1. The summed E-state index contributed by atoms with van der Waals surface area (Å²) < 4.78 is 22.8. The maximum atomic E-state index is 13.3. The fourth-order valence-electron chi connectivity index (χ4n) is 3.07. The number of hydrogen-bond acceptors (Lipinski definition) is 7. The molecule has 0 unspecified atom stereocenters. The molecule has 0 bridgehead atoms. The Morgan fingerprint density at radius 3 is 2.55 bits per heavy atom. The number of esters is 1. The van der Waals surface area contributed by atoms with Crippen molar-refractivity contribution in [2.24, 2.45) is 0 Å². The van der Waals surface area contributed by atoms with Gasteiger partial charge in [-0.1, -0.05) is 37.8 Å². The summed E-state index contributed by atoms with van der Waals surface area (Å²) in [6, 6.07) is 5.43. The highest BCUT2D eigenvalue weighted by molar-refractivity contribution is 8.16. The van der Waals surface area contributed by atoms with Gasteiger partial charge in [0.25, 0.3) is 0 Å². The predicted molar refractivity (Wildman–Crippen MR) is 130 cm³/mol. The highest BCUT2D eigenvalue weighted by Crippen LogP contribution is 2.32. The van der Waals surface area contributed by atoms with Crippen molar-refractivity contribution >= 4 is 35.6 Å². The highest BCUT2D eigenvalue weighted by Gasteiger charge is 2.30. The van der Waals surface area contributed by atoms with E-state index < -0.39 is 18.2 Å². The van der Waals surface area contributed by atoms with E-state index in [0.717, 1.165) is 11.5 Å². The lowest BCUT2D eigenvalue weighted by molar-refractivity contribution is -0.0979. The molecule has 2 atom stereocenters. The monoisotopic (exact) mass is 462 g/mol. The number of rotatable bonds is 10. The zero-order chi connectivity index (χ0) is 22.5. The minimum Gasteiger partial charge on any atom is -0.496 e. The van der Waals surface area contributed by atoms with Gasteiger partial charge >= 0.3 is 5.97 Å². The van der Waals surface area contributed by atoms with Crippen LogP contribution in [0, 0.1) is 11.8 Å². The van der Waals surface area contributed by atoms with Crippen molar-refractivity contribution < 1.29 is 23.7 Å². The summed E-state index contributed by atoms with van der Waals surface area (Å²) in [6.07, 6.45) is 6.68. The van der Waals surface area contributed by atoms with E-state index >= 15 is 0 Å². The van der Waals surface area contributed by atoms with Crippen LogP contribution in [0.5, 0.6) is 5.75 Å². The summed E-state index contributed by atoms with van der Waals surface area (Å²) in [4.78, 5) is 13.3. The van der Waals surface area contributed by atoms with Crippen LogP contribution in [0.4, 0.5) is 0 Å². The first-order valence-electron chi connectivity index (χ1n) is 10.2. The molecule has 1 heterocycles. The fraction of sp³-hybridized carbons (Fsp3) is 0.458. The van der Waals surface area contributed by atoms with Crippen molar-refractivity contribution in [1.82, 2.24) is 0 Å². The molecular formula is C24H30O5S2. The third kappa shape index (κ3) is 7.97. The maximum Gasteiger partial charge on any atom is 0.342 e. The summed E-state index contributed by atoms with van der Waals surface area (Å²) >= 11 is 3.68. The Hall–Kier alpha value is -1.85. The molecule has 0 radical (unpaired) electrons. The number of carbonyl (C=O) groups excluding carboxylic acids is 1. The van der Waals surface area contributed by atoms with E-state index in [1.165, 1.54) is 0 Å². The molecule has 0 amide bonds. The quantitative estimate of drug-likeness (QED) is 0.275. The fourth-order valence-corrected chi connectivity index (χ4v) is 5.67. The van der Waals surface area contributed by atoms with Crippen molar-refractivity contribution in [1.29, 1.82) is 0 Å². The minimum atomic E-state index is -0.509. The molecule has 0 fully saturated rings. The van der Waals surface area contributed by atoms with E-state index in [9.17, 15) is 4.79 Å². The number of methoxy groups -OCH3 is 2. The molecule has 1 aromatic carbocycles. The Balaban J connectivity index is 2.47. The van der Waals surface area contributed by atoms with Crippen molar-refractivity contribution in [3.8, 4) is 17.6 Å². The van der Waals surface area contributed by atoms with Gasteiger partial charge < -0.3 is 18.9 Å². The first kappa shape index (κ1) is 25.4. The normalized spacial score (nSPS) is 20.5. The molecule has 1 aliphatic heterocycles. The van der Waals surface area contributed by atoms with E-state index in [-0.39, 0.29) is 11.4 Å². The van der Waals surface area contributed by atoms with E-state index in [0.29, 0.717) is 23.3 Å². The summed E-state index contributed by atoms with van der Waals surface area (Å²) in [5.74, 6) is 7.92. The largest absolute Gasteiger partial charge is 0.496 e. The van der Waals surface area contributed by atoms with Gasteiger partial charge in [0.05, 0.1) is 11.7 Å². The third-order valence-corrected chi connectivity index (χ3v) is 7.03. The molecule has 168 valence electrons. The molecule has 0 saturated carbocycles. The average Bonchev–Trinajstić information content (AvgIpc) is 2.76. The molecule has 0 N–H and O–H groups in total. The number of thioether (sulfide) groups is 2. The molecular weight excluding hydrogens is 432 g/mol. The van der Waals surface area contributed by atoms with Gasteiger partial charge in [0, 0.05) is 13.5 Å². The Morgan fingerprint density at radius 1 is 1.13 bits per heavy atom. The number of carbonyl (C=O) groups is 1. The lowest BCUT2D eigenvalue weighted by Crippen LogP contribution is -2.35. The third-order valence-electron chi connectivity index (χ3n) is 4.41. The van der Waals surface area contributed by atoms with E-state index in [1.54, 1.807) is 38.5 Å². The highest BCUT2D eigenvalue weighted by atomic mass is 32.2. The van der Waals surface area contributed by atoms with Crippen molar-refractivity contribution in [3.05, 3.63) is 47.6 Å².